The van der Waals surface area contributed by atoms with Crippen LogP contribution in [0.15, 0.2) is 0 Å². The van der Waals surface area contributed by atoms with Gasteiger partial charge in [0.15, 0.2) is 0 Å². The van der Waals surface area contributed by atoms with Crippen molar-refractivity contribution in [1.82, 2.24) is 10.2 Å². The van der Waals surface area contributed by atoms with Crippen LogP contribution in [0.5, 0.6) is 0 Å². The van der Waals surface area contributed by atoms with Crippen molar-refractivity contribution >= 4 is 5.91 Å². The SMILES string of the molecule is CC1CCC(C(=O)N2CCCC3CNCC32)O1. The number of likely N-dealkylation sites (tertiary alicyclic amines) is 1. The molecule has 0 aromatic rings. The molecule has 0 saturated carbocycles. The zero-order chi connectivity index (χ0) is 11.8. The van der Waals surface area contributed by atoms with E-state index in [1.807, 2.05) is 0 Å². The van der Waals surface area contributed by atoms with E-state index in [4.69, 9.17) is 4.74 Å². The number of amides is 1. The first-order chi connectivity index (χ1) is 8.25. The molecule has 3 rings (SSSR count). The average Bonchev–Trinajstić information content (AvgIpc) is 2.95. The normalized spacial score (nSPS) is 41.6. The number of piperidine rings is 1. The maximum absolute atomic E-state index is 12.5. The summed E-state index contributed by atoms with van der Waals surface area (Å²) in [6.45, 7) is 5.04. The van der Waals surface area contributed by atoms with Gasteiger partial charge in [0.2, 0.25) is 0 Å². The molecule has 4 heteroatoms. The van der Waals surface area contributed by atoms with E-state index in [0.717, 1.165) is 38.9 Å². The lowest BCUT2D eigenvalue weighted by molar-refractivity contribution is -0.147. The smallest absolute Gasteiger partial charge is 0.252 e. The van der Waals surface area contributed by atoms with Gasteiger partial charge in [0.25, 0.3) is 5.91 Å². The van der Waals surface area contributed by atoms with Gasteiger partial charge in [-0.25, -0.2) is 0 Å². The maximum Gasteiger partial charge on any atom is 0.252 e. The Labute approximate surface area is 103 Å². The Balaban J connectivity index is 1.68. The largest absolute Gasteiger partial charge is 0.365 e. The third-order valence-corrected chi connectivity index (χ3v) is 4.47. The van der Waals surface area contributed by atoms with Crippen LogP contribution in [0.25, 0.3) is 0 Å². The van der Waals surface area contributed by atoms with Gasteiger partial charge in [-0.05, 0) is 38.5 Å². The van der Waals surface area contributed by atoms with Crippen molar-refractivity contribution in [2.24, 2.45) is 5.92 Å². The van der Waals surface area contributed by atoms with Crippen molar-refractivity contribution in [2.75, 3.05) is 19.6 Å². The van der Waals surface area contributed by atoms with E-state index in [-0.39, 0.29) is 18.1 Å². The molecule has 3 aliphatic rings. The van der Waals surface area contributed by atoms with E-state index in [1.165, 1.54) is 6.42 Å². The summed E-state index contributed by atoms with van der Waals surface area (Å²) in [5.74, 6) is 0.916. The number of carbonyl (C=O) groups excluding carboxylic acids is 1. The summed E-state index contributed by atoms with van der Waals surface area (Å²) in [6.07, 6.45) is 4.44. The molecule has 0 spiro atoms. The second kappa shape index (κ2) is 4.58. The molecule has 0 aliphatic carbocycles. The zero-order valence-corrected chi connectivity index (χ0v) is 10.5. The van der Waals surface area contributed by atoms with Crippen molar-refractivity contribution < 1.29 is 9.53 Å². The molecule has 0 bridgehead atoms. The Morgan fingerprint density at radius 2 is 2.18 bits per heavy atom. The second-order valence-corrected chi connectivity index (χ2v) is 5.67. The fourth-order valence-corrected chi connectivity index (χ4v) is 3.51. The van der Waals surface area contributed by atoms with Gasteiger partial charge in [-0.15, -0.1) is 0 Å². The molecule has 3 aliphatic heterocycles. The number of carbonyl (C=O) groups is 1. The van der Waals surface area contributed by atoms with E-state index >= 15 is 0 Å². The fraction of sp³-hybridized carbons (Fsp3) is 0.923. The molecule has 4 atom stereocenters. The summed E-state index contributed by atoms with van der Waals surface area (Å²) in [5, 5.41) is 3.41. The minimum atomic E-state index is -0.163. The van der Waals surface area contributed by atoms with Gasteiger partial charge in [-0.2, -0.15) is 0 Å². The Morgan fingerprint density at radius 1 is 1.29 bits per heavy atom. The number of rotatable bonds is 1. The second-order valence-electron chi connectivity index (χ2n) is 5.67. The first kappa shape index (κ1) is 11.5. The van der Waals surface area contributed by atoms with Crippen LogP contribution < -0.4 is 5.32 Å². The molecule has 4 nitrogen and oxygen atoms in total. The van der Waals surface area contributed by atoms with Crippen molar-refractivity contribution in [3.8, 4) is 0 Å². The number of hydrogen-bond donors (Lipinski definition) is 1. The highest BCUT2D eigenvalue weighted by Crippen LogP contribution is 2.29. The number of ether oxygens (including phenoxy) is 1. The Hall–Kier alpha value is -0.610. The monoisotopic (exact) mass is 238 g/mol. The number of nitrogens with one attached hydrogen (secondary N) is 1. The predicted octanol–water partition coefficient (Wildman–Crippen LogP) is 0.764. The lowest BCUT2D eigenvalue weighted by Crippen LogP contribution is -2.51. The molecular weight excluding hydrogens is 216 g/mol. The summed E-state index contributed by atoms with van der Waals surface area (Å²) in [7, 11) is 0. The van der Waals surface area contributed by atoms with Gasteiger partial charge in [-0.3, -0.25) is 4.79 Å². The zero-order valence-electron chi connectivity index (χ0n) is 10.5. The Morgan fingerprint density at radius 3 is 2.94 bits per heavy atom. The van der Waals surface area contributed by atoms with Crippen LogP contribution in [0, 0.1) is 5.92 Å². The maximum atomic E-state index is 12.5. The summed E-state index contributed by atoms with van der Waals surface area (Å²) < 4.78 is 5.71. The van der Waals surface area contributed by atoms with Crippen molar-refractivity contribution in [1.29, 1.82) is 0 Å². The average molecular weight is 238 g/mol. The standard InChI is InChI=1S/C13H22N2O2/c1-9-4-5-12(17-9)13(16)15-6-2-3-10-7-14-8-11(10)15/h9-12,14H,2-8H2,1H3. The molecule has 3 saturated heterocycles. The van der Waals surface area contributed by atoms with Gasteiger partial charge >= 0.3 is 0 Å². The summed E-state index contributed by atoms with van der Waals surface area (Å²) in [5.41, 5.74) is 0. The van der Waals surface area contributed by atoms with Crippen LogP contribution in [-0.4, -0.2) is 48.7 Å². The Kier molecular flexibility index (Phi) is 3.09. The molecule has 3 fully saturated rings. The van der Waals surface area contributed by atoms with Crippen molar-refractivity contribution in [3.63, 3.8) is 0 Å². The van der Waals surface area contributed by atoms with Crippen molar-refractivity contribution in [3.05, 3.63) is 0 Å². The molecule has 1 N–H and O–H groups in total. The highest BCUT2D eigenvalue weighted by molar-refractivity contribution is 5.81. The van der Waals surface area contributed by atoms with E-state index in [2.05, 4.69) is 17.1 Å². The van der Waals surface area contributed by atoms with Gasteiger partial charge in [0, 0.05) is 25.7 Å². The van der Waals surface area contributed by atoms with Gasteiger partial charge < -0.3 is 15.0 Å². The number of hydrogen-bond acceptors (Lipinski definition) is 3. The Bertz CT molecular complexity index is 308. The predicted molar refractivity (Wildman–Crippen MR) is 64.7 cm³/mol. The summed E-state index contributed by atoms with van der Waals surface area (Å²) in [6, 6.07) is 0.427. The van der Waals surface area contributed by atoms with Crippen molar-refractivity contribution in [2.45, 2.75) is 50.9 Å². The molecule has 1 amide bonds. The number of nitrogens with zero attached hydrogens (tertiary/aromatic N) is 1. The highest BCUT2D eigenvalue weighted by atomic mass is 16.5. The topological polar surface area (TPSA) is 41.6 Å². The molecule has 0 aromatic carbocycles. The van der Waals surface area contributed by atoms with E-state index in [0.29, 0.717) is 12.0 Å². The highest BCUT2D eigenvalue weighted by Gasteiger charge is 2.41. The van der Waals surface area contributed by atoms with Crippen LogP contribution in [-0.2, 0) is 9.53 Å². The molecule has 0 radical (unpaired) electrons. The lowest BCUT2D eigenvalue weighted by Gasteiger charge is -2.38. The molecule has 0 aromatic heterocycles. The van der Waals surface area contributed by atoms with Crippen LogP contribution in [0.2, 0.25) is 0 Å². The molecule has 17 heavy (non-hydrogen) atoms. The first-order valence-electron chi connectivity index (χ1n) is 6.92. The summed E-state index contributed by atoms with van der Waals surface area (Å²) in [4.78, 5) is 14.6. The van der Waals surface area contributed by atoms with E-state index in [1.54, 1.807) is 0 Å². The minimum absolute atomic E-state index is 0.163. The molecule has 4 unspecified atom stereocenters. The van der Waals surface area contributed by atoms with Gasteiger partial charge in [0.1, 0.15) is 6.10 Å². The molecular formula is C13H22N2O2. The molecule has 3 heterocycles. The summed E-state index contributed by atoms with van der Waals surface area (Å²) >= 11 is 0. The van der Waals surface area contributed by atoms with Crippen LogP contribution in [0.4, 0.5) is 0 Å². The van der Waals surface area contributed by atoms with Gasteiger partial charge in [-0.1, -0.05) is 0 Å². The minimum Gasteiger partial charge on any atom is -0.365 e. The van der Waals surface area contributed by atoms with E-state index < -0.39 is 0 Å². The van der Waals surface area contributed by atoms with E-state index in [9.17, 15) is 4.79 Å². The quantitative estimate of drug-likeness (QED) is 0.733. The first-order valence-corrected chi connectivity index (χ1v) is 6.92. The lowest BCUT2D eigenvalue weighted by atomic mass is 9.91. The van der Waals surface area contributed by atoms with Crippen LogP contribution >= 0.6 is 0 Å². The van der Waals surface area contributed by atoms with Crippen LogP contribution in [0.1, 0.15) is 32.6 Å². The van der Waals surface area contributed by atoms with Crippen LogP contribution in [0.3, 0.4) is 0 Å². The third kappa shape index (κ3) is 2.08. The number of fused-ring (bicyclic) bond motifs is 1. The third-order valence-electron chi connectivity index (χ3n) is 4.47. The fourth-order valence-electron chi connectivity index (χ4n) is 3.51. The van der Waals surface area contributed by atoms with Gasteiger partial charge in [0.05, 0.1) is 6.10 Å². The molecule has 96 valence electrons.